The Labute approximate surface area is 217 Å². The number of benzene rings is 2. The number of unbranched alkanes of at least 4 members (excludes halogenated alkanes) is 2. The van der Waals surface area contributed by atoms with Crippen LogP contribution < -0.4 is 7.55 Å². The van der Waals surface area contributed by atoms with Crippen LogP contribution in [0.4, 0.5) is 0 Å². The third-order valence-electron chi connectivity index (χ3n) is 4.91. The standard InChI is InChI=1S/C24H24NO3.Na.H2O4S/c26-23(27)12-5-2-8-18-28-21-15-13-20(14-16-21)24(19-9-3-1-4-10-19)22-11-6-7-17-25-22;;1-5(2,3)4/h3-4,6-7,9-11,13-17,24H,2,5,8,12,18H2,(H,26,27);;(H2,1,2,3,4). The average molecular weight is 496 g/mol. The van der Waals surface area contributed by atoms with E-state index >= 15 is 0 Å². The van der Waals surface area contributed by atoms with Crippen molar-refractivity contribution < 1.29 is 32.2 Å². The molecule has 34 heavy (non-hydrogen) atoms. The molecular weight excluding hydrogens is 469 g/mol. The van der Waals surface area contributed by atoms with Crippen LogP contribution in [-0.2, 0) is 15.2 Å². The zero-order chi connectivity index (χ0) is 25.0. The molecule has 0 aliphatic carbocycles. The van der Waals surface area contributed by atoms with Gasteiger partial charge in [0.25, 0.3) is 0 Å². The van der Waals surface area contributed by atoms with Gasteiger partial charge in [-0.3, -0.25) is 13.9 Å². The van der Waals surface area contributed by atoms with Gasteiger partial charge in [-0.15, -0.1) is 0 Å². The molecule has 0 aliphatic heterocycles. The quantitative estimate of drug-likeness (QED) is 0.221. The van der Waals surface area contributed by atoms with Gasteiger partial charge in [0.2, 0.25) is 0 Å². The Kier molecular flexibility index (Phi) is 11.7. The van der Waals surface area contributed by atoms with Crippen LogP contribution in [0.2, 0.25) is 0 Å². The number of carboxylic acid groups (broad SMARTS) is 1. The van der Waals surface area contributed by atoms with E-state index < -0.39 is 16.4 Å². The number of ether oxygens (including phenoxy) is 1. The fourth-order valence-corrected chi connectivity index (χ4v) is 3.67. The molecule has 0 spiro atoms. The largest absolute Gasteiger partial charge is 0.394 e. The summed E-state index contributed by atoms with van der Waals surface area (Å²) in [5.74, 6) is 0.185. The molecule has 1 atom stereocenters. The topological polar surface area (TPSA) is 134 Å². The molecule has 3 aromatic rings. The molecule has 0 saturated heterocycles. The number of aliphatic carboxylic acids is 1. The summed E-state index contributed by atoms with van der Waals surface area (Å²) in [6, 6.07) is 23.0. The first-order valence-electron chi connectivity index (χ1n) is 10.8. The zero-order valence-corrected chi connectivity index (χ0v) is 21.7. The number of carboxylic acids is 1. The van der Waals surface area contributed by atoms with Crippen LogP contribution >= 0.6 is 0 Å². The first-order chi connectivity index (χ1) is 16.1. The smallest absolute Gasteiger partial charge is 0.264 e. The third-order valence-corrected chi connectivity index (χ3v) is 5.58. The second kappa shape index (κ2) is 14.2. The fraction of sp³-hybridized carbons (Fsp3) is 0.250. The van der Waals surface area contributed by atoms with Gasteiger partial charge in [0.05, 0.1) is 0 Å². The van der Waals surface area contributed by atoms with Gasteiger partial charge in [0, 0.05) is 6.42 Å². The first-order valence-corrected chi connectivity index (χ1v) is 13.1. The minimum absolute atomic E-state index is 0.0866. The van der Waals surface area contributed by atoms with E-state index in [-0.39, 0.29) is 12.3 Å². The van der Waals surface area contributed by atoms with E-state index in [1.54, 1.807) is 0 Å². The molecule has 1 heterocycles. The predicted molar refractivity (Wildman–Crippen MR) is 129 cm³/mol. The Hall–Kier alpha value is -2.27. The average Bonchev–Trinajstić information content (AvgIpc) is 2.78. The maximum absolute atomic E-state index is 10.5. The fourth-order valence-electron chi connectivity index (χ4n) is 3.34. The van der Waals surface area contributed by atoms with E-state index in [0.717, 1.165) is 52.2 Å². The minimum Gasteiger partial charge on any atom is -0.264 e. The number of aromatic nitrogens is 1. The van der Waals surface area contributed by atoms with Crippen molar-refractivity contribution in [3.05, 3.63) is 89.7 Å². The SMILES string of the molecule is O=C(O)CCCCCOc1ccc(C(c2cc[c]([Na])cc2)c2ccccn2)cc1.O=S(=O)(O)O. The van der Waals surface area contributed by atoms with Crippen molar-refractivity contribution in [3.63, 3.8) is 0 Å². The van der Waals surface area contributed by atoms with Gasteiger partial charge in [0.15, 0.2) is 0 Å². The Balaban J connectivity index is 0.000000739. The monoisotopic (exact) mass is 495 g/mol. The van der Waals surface area contributed by atoms with E-state index in [1.807, 2.05) is 30.5 Å². The molecule has 0 bridgehead atoms. The van der Waals surface area contributed by atoms with Gasteiger partial charge in [-0.25, -0.2) is 0 Å². The van der Waals surface area contributed by atoms with E-state index in [0.29, 0.717) is 13.0 Å². The Bertz CT molecular complexity index is 1110. The van der Waals surface area contributed by atoms with Crippen molar-refractivity contribution in [3.8, 4) is 5.75 Å². The van der Waals surface area contributed by atoms with Gasteiger partial charge in [0.1, 0.15) is 0 Å². The summed E-state index contributed by atoms with van der Waals surface area (Å²) in [4.78, 5) is 15.1. The molecule has 8 nitrogen and oxygen atoms in total. The van der Waals surface area contributed by atoms with Crippen LogP contribution in [0.3, 0.4) is 0 Å². The third kappa shape index (κ3) is 11.2. The minimum atomic E-state index is -4.67. The maximum Gasteiger partial charge on any atom is 0.394 e. The van der Waals surface area contributed by atoms with Crippen LogP contribution in [-0.4, -0.2) is 68.1 Å². The molecule has 0 saturated carbocycles. The number of hydrogen-bond acceptors (Lipinski definition) is 5. The Morgan fingerprint density at radius 1 is 0.912 bits per heavy atom. The summed E-state index contributed by atoms with van der Waals surface area (Å²) in [6.45, 7) is 0.602. The molecule has 2 aromatic carbocycles. The van der Waals surface area contributed by atoms with Crippen molar-refractivity contribution in [2.45, 2.75) is 31.6 Å². The molecule has 0 amide bonds. The predicted octanol–water partition coefficient (Wildman–Crippen LogP) is 3.43. The van der Waals surface area contributed by atoms with Gasteiger partial charge >= 0.3 is 171 Å². The summed E-state index contributed by atoms with van der Waals surface area (Å²) in [6.07, 6.45) is 4.49. The number of hydrogen-bond donors (Lipinski definition) is 3. The van der Waals surface area contributed by atoms with Crippen LogP contribution in [0, 0.1) is 0 Å². The van der Waals surface area contributed by atoms with Crippen molar-refractivity contribution in [1.82, 2.24) is 4.98 Å². The molecule has 0 radical (unpaired) electrons. The van der Waals surface area contributed by atoms with Crippen LogP contribution in [0.1, 0.15) is 48.4 Å². The maximum atomic E-state index is 10.5. The summed E-state index contributed by atoms with van der Waals surface area (Å²) in [5, 5.41) is 8.66. The van der Waals surface area contributed by atoms with Crippen molar-refractivity contribution in [1.29, 1.82) is 0 Å². The van der Waals surface area contributed by atoms with Gasteiger partial charge in [-0.2, -0.15) is 8.42 Å². The van der Waals surface area contributed by atoms with Crippen LogP contribution in [0.5, 0.6) is 5.75 Å². The molecule has 0 aliphatic rings. The second-order valence-electron chi connectivity index (χ2n) is 7.67. The van der Waals surface area contributed by atoms with Crippen molar-refractivity contribution in [2.75, 3.05) is 6.61 Å². The molecule has 1 aromatic heterocycles. The summed E-state index contributed by atoms with van der Waals surface area (Å²) < 4.78 is 38.8. The van der Waals surface area contributed by atoms with E-state index in [4.69, 9.17) is 27.4 Å². The summed E-state index contributed by atoms with van der Waals surface area (Å²) in [7, 11) is -4.67. The Morgan fingerprint density at radius 2 is 1.50 bits per heavy atom. The van der Waals surface area contributed by atoms with Crippen molar-refractivity contribution in [2.24, 2.45) is 0 Å². The van der Waals surface area contributed by atoms with E-state index in [9.17, 15) is 4.79 Å². The molecule has 3 N–H and O–H groups in total. The van der Waals surface area contributed by atoms with Crippen molar-refractivity contribution >= 4 is 47.1 Å². The van der Waals surface area contributed by atoms with Gasteiger partial charge in [-0.1, -0.05) is 0 Å². The normalized spacial score (nSPS) is 11.8. The van der Waals surface area contributed by atoms with Crippen LogP contribution in [0.15, 0.2) is 72.9 Å². The van der Waals surface area contributed by atoms with Crippen LogP contribution in [0.25, 0.3) is 0 Å². The Morgan fingerprint density at radius 3 is 2.03 bits per heavy atom. The first kappa shape index (κ1) is 28.0. The van der Waals surface area contributed by atoms with E-state index in [1.165, 1.54) is 13.9 Å². The van der Waals surface area contributed by atoms with Gasteiger partial charge in [-0.05, 0) is 12.8 Å². The molecular formula is C24H26NNaO7S. The molecule has 10 heteroatoms. The number of pyridine rings is 1. The zero-order valence-electron chi connectivity index (χ0n) is 18.9. The molecule has 176 valence electrons. The molecule has 0 fully saturated rings. The molecule has 3 rings (SSSR count). The number of nitrogens with zero attached hydrogens (tertiary/aromatic N) is 1. The summed E-state index contributed by atoms with van der Waals surface area (Å²) in [5.41, 5.74) is 3.44. The summed E-state index contributed by atoms with van der Waals surface area (Å²) >= 11 is 1.05. The number of rotatable bonds is 10. The number of carbonyl (C=O) groups is 1. The van der Waals surface area contributed by atoms with Gasteiger partial charge < -0.3 is 5.11 Å². The molecule has 1 unspecified atom stereocenters. The second-order valence-corrected chi connectivity index (χ2v) is 9.72. The van der Waals surface area contributed by atoms with E-state index in [2.05, 4.69) is 47.4 Å².